The number of aryl methyl sites for hydroxylation is 1. The molecule has 1 fully saturated rings. The molecule has 0 aromatic heterocycles. The topological polar surface area (TPSA) is 75.7 Å². The summed E-state index contributed by atoms with van der Waals surface area (Å²) in [4.78, 5) is 12.4. The summed E-state index contributed by atoms with van der Waals surface area (Å²) in [5.41, 5.74) is 1.81. The van der Waals surface area contributed by atoms with Gasteiger partial charge in [0.05, 0.1) is 10.6 Å². The Labute approximate surface area is 184 Å². The lowest BCUT2D eigenvalue weighted by Crippen LogP contribution is -2.37. The molecule has 0 unspecified atom stereocenters. The third-order valence-electron chi connectivity index (χ3n) is 6.07. The molecule has 1 heterocycles. The van der Waals surface area contributed by atoms with Crippen LogP contribution in [0.2, 0.25) is 0 Å². The van der Waals surface area contributed by atoms with E-state index in [0.29, 0.717) is 12.3 Å². The summed E-state index contributed by atoms with van der Waals surface area (Å²) in [5, 5.41) is 3.05. The van der Waals surface area contributed by atoms with E-state index in [1.807, 2.05) is 24.3 Å². The number of carbonyl (C=O) groups excluding carboxylic acids is 1. The minimum absolute atomic E-state index is 0.0674. The van der Waals surface area contributed by atoms with Gasteiger partial charge < -0.3 is 10.1 Å². The normalized spacial score (nSPS) is 17.5. The van der Waals surface area contributed by atoms with E-state index in [1.54, 1.807) is 24.3 Å². The van der Waals surface area contributed by atoms with Crippen LogP contribution in [0, 0.1) is 0 Å². The van der Waals surface area contributed by atoms with Crippen LogP contribution in [-0.4, -0.2) is 33.5 Å². The number of rotatable bonds is 6. The van der Waals surface area contributed by atoms with E-state index in [2.05, 4.69) is 5.32 Å². The molecule has 31 heavy (non-hydrogen) atoms. The van der Waals surface area contributed by atoms with Gasteiger partial charge in [0.25, 0.3) is 15.9 Å². The Kier molecular flexibility index (Phi) is 6.80. The molecule has 0 radical (unpaired) electrons. The number of nitrogens with zero attached hydrogens (tertiary/aromatic N) is 1. The van der Waals surface area contributed by atoms with Crippen LogP contribution in [0.1, 0.15) is 50.5 Å². The van der Waals surface area contributed by atoms with E-state index in [1.165, 1.54) is 17.1 Å². The molecule has 0 atom stereocenters. The molecule has 2 aliphatic rings. The van der Waals surface area contributed by atoms with Gasteiger partial charge in [0.1, 0.15) is 5.75 Å². The summed E-state index contributed by atoms with van der Waals surface area (Å²) in [6.45, 7) is 0.404. The van der Waals surface area contributed by atoms with E-state index in [9.17, 15) is 13.2 Å². The molecule has 4 rings (SSSR count). The van der Waals surface area contributed by atoms with Crippen molar-refractivity contribution in [2.24, 2.45) is 0 Å². The molecular formula is C24H30N2O4S. The van der Waals surface area contributed by atoms with Crippen molar-refractivity contribution in [2.45, 2.75) is 62.3 Å². The van der Waals surface area contributed by atoms with Gasteiger partial charge in [-0.1, -0.05) is 43.9 Å². The number of hydrogen-bond acceptors (Lipinski definition) is 4. The maximum Gasteiger partial charge on any atom is 0.264 e. The van der Waals surface area contributed by atoms with Gasteiger partial charge in [0.2, 0.25) is 0 Å². The Hall–Kier alpha value is -2.54. The number of hydrogen-bond donors (Lipinski definition) is 1. The molecule has 166 valence electrons. The highest BCUT2D eigenvalue weighted by molar-refractivity contribution is 7.92. The highest BCUT2D eigenvalue weighted by atomic mass is 32.2. The summed E-state index contributed by atoms with van der Waals surface area (Å²) < 4.78 is 33.5. The molecule has 1 aliphatic heterocycles. The van der Waals surface area contributed by atoms with Gasteiger partial charge in [-0.25, -0.2) is 8.42 Å². The van der Waals surface area contributed by atoms with Crippen LogP contribution in [0.5, 0.6) is 5.75 Å². The average molecular weight is 443 g/mol. The molecule has 1 amide bonds. The standard InChI is InChI=1S/C24H30N2O4S/c27-24(25-20-10-3-1-2-4-11-20)18-30-21-13-15-22(16-14-21)31(28,29)26-17-7-9-19-8-5-6-12-23(19)26/h5-6,8,12-16,20H,1-4,7,9-11,17-18H2,(H,25,27). The van der Waals surface area contributed by atoms with Gasteiger partial charge in [-0.15, -0.1) is 0 Å². The van der Waals surface area contributed by atoms with E-state index in [-0.39, 0.29) is 23.5 Å². The Morgan fingerprint density at radius 3 is 2.42 bits per heavy atom. The molecule has 1 aliphatic carbocycles. The fraction of sp³-hybridized carbons (Fsp3) is 0.458. The van der Waals surface area contributed by atoms with E-state index < -0.39 is 10.0 Å². The van der Waals surface area contributed by atoms with Crippen molar-refractivity contribution in [1.29, 1.82) is 0 Å². The van der Waals surface area contributed by atoms with Gasteiger partial charge in [0, 0.05) is 12.6 Å². The fourth-order valence-corrected chi connectivity index (χ4v) is 5.97. The SMILES string of the molecule is O=C(COc1ccc(S(=O)(=O)N2CCCc3ccccc32)cc1)NC1CCCCCC1. The van der Waals surface area contributed by atoms with Crippen molar-refractivity contribution in [2.75, 3.05) is 17.5 Å². The van der Waals surface area contributed by atoms with E-state index in [4.69, 9.17) is 4.74 Å². The molecule has 1 N–H and O–H groups in total. The van der Waals surface area contributed by atoms with Crippen LogP contribution >= 0.6 is 0 Å². The molecule has 0 spiro atoms. The van der Waals surface area contributed by atoms with Crippen LogP contribution in [-0.2, 0) is 21.2 Å². The quantitative estimate of drug-likeness (QED) is 0.685. The number of para-hydroxylation sites is 1. The van der Waals surface area contributed by atoms with E-state index >= 15 is 0 Å². The minimum Gasteiger partial charge on any atom is -0.484 e. The fourth-order valence-electron chi connectivity index (χ4n) is 4.43. The number of amides is 1. The summed E-state index contributed by atoms with van der Waals surface area (Å²) in [7, 11) is -3.65. The minimum atomic E-state index is -3.65. The molecule has 1 saturated carbocycles. The first-order valence-electron chi connectivity index (χ1n) is 11.2. The molecule has 0 bridgehead atoms. The zero-order valence-corrected chi connectivity index (χ0v) is 18.6. The number of fused-ring (bicyclic) bond motifs is 1. The van der Waals surface area contributed by atoms with Gasteiger partial charge >= 0.3 is 0 Å². The lowest BCUT2D eigenvalue weighted by molar-refractivity contribution is -0.123. The van der Waals surface area contributed by atoms with Crippen LogP contribution in [0.4, 0.5) is 5.69 Å². The number of carbonyl (C=O) groups is 1. The first-order valence-corrected chi connectivity index (χ1v) is 12.6. The average Bonchev–Trinajstić information content (AvgIpc) is 3.06. The summed E-state index contributed by atoms with van der Waals surface area (Å²) in [5.74, 6) is 0.350. The number of sulfonamides is 1. The van der Waals surface area contributed by atoms with Crippen LogP contribution in [0.15, 0.2) is 53.4 Å². The molecule has 2 aromatic carbocycles. The maximum absolute atomic E-state index is 13.2. The predicted octanol–water partition coefficient (Wildman–Crippen LogP) is 4.05. The van der Waals surface area contributed by atoms with Crippen LogP contribution < -0.4 is 14.4 Å². The molecule has 7 heteroatoms. The third-order valence-corrected chi connectivity index (χ3v) is 7.90. The smallest absolute Gasteiger partial charge is 0.264 e. The first-order chi connectivity index (χ1) is 15.0. The monoisotopic (exact) mass is 442 g/mol. The van der Waals surface area contributed by atoms with Gasteiger partial charge in [-0.3, -0.25) is 9.10 Å². The van der Waals surface area contributed by atoms with Crippen molar-refractivity contribution in [1.82, 2.24) is 5.32 Å². The number of benzene rings is 2. The molecular weight excluding hydrogens is 412 g/mol. The van der Waals surface area contributed by atoms with Gasteiger partial charge in [0.15, 0.2) is 6.61 Å². The van der Waals surface area contributed by atoms with Gasteiger partial charge in [-0.05, 0) is 61.6 Å². The van der Waals surface area contributed by atoms with Crippen LogP contribution in [0.25, 0.3) is 0 Å². The molecule has 0 saturated heterocycles. The number of anilines is 1. The summed E-state index contributed by atoms with van der Waals surface area (Å²) in [6.07, 6.45) is 8.52. The molecule has 6 nitrogen and oxygen atoms in total. The van der Waals surface area contributed by atoms with Gasteiger partial charge in [-0.2, -0.15) is 0 Å². The first kappa shape index (κ1) is 21.7. The second-order valence-electron chi connectivity index (χ2n) is 8.33. The highest BCUT2D eigenvalue weighted by Crippen LogP contribution is 2.32. The largest absolute Gasteiger partial charge is 0.484 e. The second kappa shape index (κ2) is 9.73. The summed E-state index contributed by atoms with van der Waals surface area (Å²) >= 11 is 0. The Morgan fingerprint density at radius 2 is 1.68 bits per heavy atom. The van der Waals surface area contributed by atoms with Crippen molar-refractivity contribution in [3.8, 4) is 5.75 Å². The number of nitrogens with one attached hydrogen (secondary N) is 1. The Balaban J connectivity index is 1.37. The maximum atomic E-state index is 13.2. The highest BCUT2D eigenvalue weighted by Gasteiger charge is 2.28. The Bertz CT molecular complexity index is 996. The van der Waals surface area contributed by atoms with Crippen molar-refractivity contribution in [3.05, 3.63) is 54.1 Å². The lowest BCUT2D eigenvalue weighted by Gasteiger charge is -2.30. The van der Waals surface area contributed by atoms with Crippen molar-refractivity contribution in [3.63, 3.8) is 0 Å². The zero-order valence-electron chi connectivity index (χ0n) is 17.8. The van der Waals surface area contributed by atoms with Crippen molar-refractivity contribution >= 4 is 21.6 Å². The van der Waals surface area contributed by atoms with Crippen molar-refractivity contribution < 1.29 is 17.9 Å². The zero-order chi connectivity index (χ0) is 21.7. The van der Waals surface area contributed by atoms with Crippen LogP contribution in [0.3, 0.4) is 0 Å². The Morgan fingerprint density at radius 1 is 0.968 bits per heavy atom. The lowest BCUT2D eigenvalue weighted by atomic mass is 10.0. The second-order valence-corrected chi connectivity index (χ2v) is 10.2. The van der Waals surface area contributed by atoms with E-state index in [0.717, 1.165) is 49.8 Å². The summed E-state index contributed by atoms with van der Waals surface area (Å²) in [6, 6.07) is 14.2. The third kappa shape index (κ3) is 5.21. The predicted molar refractivity (Wildman–Crippen MR) is 121 cm³/mol. The molecule has 2 aromatic rings. The number of ether oxygens (including phenoxy) is 1.